The highest BCUT2D eigenvalue weighted by Gasteiger charge is 2.39. The van der Waals surface area contributed by atoms with Gasteiger partial charge < -0.3 is 25.5 Å². The SMILES string of the molecule is O=C(CCCN1CCN(Cc2ccc(F)cc2)CC1)c1ccc2c(c1)CCNCC2.O=C(O)C(F)(F)F.O=C(O)C(F)(F)F.O=C(O)C(F)(F)F. The first kappa shape index (κ1) is 44.7. The molecule has 0 aromatic heterocycles. The van der Waals surface area contributed by atoms with Crippen LogP contribution < -0.4 is 5.32 Å². The van der Waals surface area contributed by atoms with Crippen LogP contribution in [0, 0.1) is 5.82 Å². The fourth-order valence-corrected chi connectivity index (χ4v) is 4.47. The van der Waals surface area contributed by atoms with Gasteiger partial charge in [0.15, 0.2) is 5.78 Å². The third-order valence-corrected chi connectivity index (χ3v) is 7.06. The Bertz CT molecular complexity index is 1370. The van der Waals surface area contributed by atoms with E-state index in [4.69, 9.17) is 29.7 Å². The molecule has 2 aromatic carbocycles. The number of halogens is 10. The number of fused-ring (bicyclic) bond motifs is 1. The van der Waals surface area contributed by atoms with Crippen LogP contribution in [-0.2, 0) is 33.8 Å². The molecule has 286 valence electrons. The van der Waals surface area contributed by atoms with Crippen LogP contribution in [0.15, 0.2) is 42.5 Å². The van der Waals surface area contributed by atoms with Gasteiger partial charge in [-0.15, -0.1) is 0 Å². The van der Waals surface area contributed by atoms with E-state index in [1.165, 1.54) is 23.3 Å². The molecule has 51 heavy (non-hydrogen) atoms. The molecule has 0 saturated carbocycles. The number of rotatable bonds is 7. The van der Waals surface area contributed by atoms with E-state index >= 15 is 0 Å². The Morgan fingerprint density at radius 1 is 0.647 bits per heavy atom. The number of hydrogen-bond donors (Lipinski definition) is 4. The zero-order valence-corrected chi connectivity index (χ0v) is 26.7. The minimum atomic E-state index is -5.08. The zero-order chi connectivity index (χ0) is 39.0. The van der Waals surface area contributed by atoms with Crippen molar-refractivity contribution in [1.29, 1.82) is 0 Å². The van der Waals surface area contributed by atoms with Crippen molar-refractivity contribution in [3.8, 4) is 0 Å². The lowest BCUT2D eigenvalue weighted by molar-refractivity contribution is -0.193. The zero-order valence-electron chi connectivity index (χ0n) is 26.7. The van der Waals surface area contributed by atoms with E-state index in [0.717, 1.165) is 82.7 Å². The van der Waals surface area contributed by atoms with Gasteiger partial charge in [0.1, 0.15) is 5.82 Å². The molecule has 20 heteroatoms. The van der Waals surface area contributed by atoms with Gasteiger partial charge in [0.2, 0.25) is 0 Å². The molecule has 0 atom stereocenters. The molecule has 0 aliphatic carbocycles. The van der Waals surface area contributed by atoms with Crippen molar-refractivity contribution in [1.82, 2.24) is 15.1 Å². The number of piperazine rings is 1. The fraction of sp³-hybridized carbons (Fsp3) is 0.484. The summed E-state index contributed by atoms with van der Waals surface area (Å²) in [6, 6.07) is 13.1. The summed E-state index contributed by atoms with van der Waals surface area (Å²) in [5, 5.41) is 24.8. The minimum Gasteiger partial charge on any atom is -0.475 e. The topological polar surface area (TPSA) is 147 Å². The highest BCUT2D eigenvalue weighted by Crippen LogP contribution is 2.18. The molecule has 0 amide bonds. The predicted molar refractivity (Wildman–Crippen MR) is 159 cm³/mol. The van der Waals surface area contributed by atoms with Crippen molar-refractivity contribution in [2.75, 3.05) is 45.8 Å². The predicted octanol–water partition coefficient (Wildman–Crippen LogP) is 5.19. The summed E-state index contributed by atoms with van der Waals surface area (Å²) in [6.45, 7) is 7.97. The highest BCUT2D eigenvalue weighted by atomic mass is 19.4. The van der Waals surface area contributed by atoms with E-state index in [0.29, 0.717) is 6.42 Å². The number of carbonyl (C=O) groups excluding carboxylic acids is 1. The first-order valence-electron chi connectivity index (χ1n) is 15.0. The van der Waals surface area contributed by atoms with E-state index in [9.17, 15) is 48.7 Å². The average molecular weight is 752 g/mol. The molecule has 2 heterocycles. The largest absolute Gasteiger partial charge is 0.490 e. The maximum absolute atomic E-state index is 13.0. The van der Waals surface area contributed by atoms with Crippen LogP contribution in [0.25, 0.3) is 0 Å². The van der Waals surface area contributed by atoms with Gasteiger partial charge in [0.05, 0.1) is 0 Å². The van der Waals surface area contributed by atoms with Crippen molar-refractivity contribution in [2.24, 2.45) is 0 Å². The van der Waals surface area contributed by atoms with Gasteiger partial charge in [-0.05, 0) is 73.8 Å². The maximum Gasteiger partial charge on any atom is 0.490 e. The van der Waals surface area contributed by atoms with Crippen LogP contribution >= 0.6 is 0 Å². The Labute approximate surface area is 284 Å². The van der Waals surface area contributed by atoms with Crippen molar-refractivity contribution >= 4 is 23.7 Å². The fourth-order valence-electron chi connectivity index (χ4n) is 4.47. The average Bonchev–Trinajstić information content (AvgIpc) is 3.27. The van der Waals surface area contributed by atoms with Crippen molar-refractivity contribution in [3.05, 3.63) is 70.5 Å². The molecule has 0 spiro atoms. The first-order chi connectivity index (χ1) is 23.5. The van der Waals surface area contributed by atoms with E-state index in [-0.39, 0.29) is 11.6 Å². The van der Waals surface area contributed by atoms with Gasteiger partial charge in [0.25, 0.3) is 0 Å². The Balaban J connectivity index is 0.000000505. The quantitative estimate of drug-likeness (QED) is 0.220. The van der Waals surface area contributed by atoms with E-state index in [2.05, 4.69) is 27.2 Å². The molecule has 2 aliphatic rings. The lowest BCUT2D eigenvalue weighted by Gasteiger charge is -2.34. The van der Waals surface area contributed by atoms with Crippen LogP contribution in [0.4, 0.5) is 43.9 Å². The molecule has 2 aromatic rings. The molecule has 1 fully saturated rings. The summed E-state index contributed by atoms with van der Waals surface area (Å²) in [5.41, 5.74) is 4.75. The number of alkyl halides is 9. The molecule has 2 aliphatic heterocycles. The van der Waals surface area contributed by atoms with Crippen molar-refractivity contribution in [3.63, 3.8) is 0 Å². The molecule has 4 N–H and O–H groups in total. The van der Waals surface area contributed by atoms with Crippen LogP contribution in [0.5, 0.6) is 0 Å². The van der Waals surface area contributed by atoms with E-state index in [1.807, 2.05) is 18.2 Å². The summed E-state index contributed by atoms with van der Waals surface area (Å²) in [6.07, 6.45) is -11.7. The number of carboxylic acids is 3. The number of nitrogens with one attached hydrogen (secondary N) is 1. The summed E-state index contributed by atoms with van der Waals surface area (Å²) >= 11 is 0. The van der Waals surface area contributed by atoms with Gasteiger partial charge in [-0.3, -0.25) is 9.69 Å². The number of aliphatic carboxylic acids is 3. The van der Waals surface area contributed by atoms with Crippen LogP contribution in [-0.4, -0.2) is 113 Å². The van der Waals surface area contributed by atoms with Crippen LogP contribution in [0.1, 0.15) is 39.9 Å². The Morgan fingerprint density at radius 3 is 1.53 bits per heavy atom. The Morgan fingerprint density at radius 2 is 1.08 bits per heavy atom. The number of carboxylic acid groups (broad SMARTS) is 3. The highest BCUT2D eigenvalue weighted by molar-refractivity contribution is 5.96. The van der Waals surface area contributed by atoms with E-state index < -0.39 is 36.4 Å². The molecular formula is C31H35F10N3O7. The summed E-state index contributed by atoms with van der Waals surface area (Å²) in [4.78, 5) is 44.2. The number of nitrogens with zero attached hydrogens (tertiary/aromatic N) is 2. The molecule has 0 radical (unpaired) electrons. The smallest absolute Gasteiger partial charge is 0.475 e. The summed E-state index contributed by atoms with van der Waals surface area (Å²) < 4.78 is 108. The number of hydrogen-bond acceptors (Lipinski definition) is 7. The van der Waals surface area contributed by atoms with Crippen molar-refractivity contribution < 1.29 is 78.4 Å². The standard InChI is InChI=1S/C25H32FN3O.3C2HF3O2/c26-24-7-3-20(4-8-24)19-29-16-14-28(15-17-29)13-1-2-25(30)23-6-5-21-9-11-27-12-10-22(21)18-23;3*3-2(4,5)1(6)7/h3-8,18,27H,1-2,9-17,19H2;3*(H,6,7). The number of ketones is 1. The van der Waals surface area contributed by atoms with Crippen molar-refractivity contribution in [2.45, 2.75) is 50.8 Å². The van der Waals surface area contributed by atoms with Gasteiger partial charge in [-0.1, -0.05) is 24.3 Å². The van der Waals surface area contributed by atoms with Gasteiger partial charge >= 0.3 is 36.4 Å². The monoisotopic (exact) mass is 751 g/mol. The summed E-state index contributed by atoms with van der Waals surface area (Å²) in [7, 11) is 0. The Hall–Kier alpha value is -4.30. The third kappa shape index (κ3) is 18.5. The minimum absolute atomic E-state index is 0.180. The maximum atomic E-state index is 13.0. The van der Waals surface area contributed by atoms with Crippen LogP contribution in [0.3, 0.4) is 0 Å². The lowest BCUT2D eigenvalue weighted by atomic mass is 9.97. The van der Waals surface area contributed by atoms with E-state index in [1.54, 1.807) is 0 Å². The first-order valence-corrected chi connectivity index (χ1v) is 15.0. The van der Waals surface area contributed by atoms with Crippen LogP contribution in [0.2, 0.25) is 0 Å². The second-order valence-electron chi connectivity index (χ2n) is 10.9. The molecule has 10 nitrogen and oxygen atoms in total. The third-order valence-electron chi connectivity index (χ3n) is 7.06. The second kappa shape index (κ2) is 20.5. The molecule has 0 unspecified atom stereocenters. The normalized spacial score (nSPS) is 15.3. The second-order valence-corrected chi connectivity index (χ2v) is 10.9. The number of Topliss-reactive ketones (excluding diaryl/α,β-unsaturated/α-hetero) is 1. The molecule has 0 bridgehead atoms. The van der Waals surface area contributed by atoms with Gasteiger partial charge in [-0.2, -0.15) is 39.5 Å². The van der Waals surface area contributed by atoms with Gasteiger partial charge in [0, 0.05) is 44.7 Å². The Kier molecular flexibility index (Phi) is 18.0. The molecule has 1 saturated heterocycles. The molecule has 4 rings (SSSR count). The van der Waals surface area contributed by atoms with Gasteiger partial charge in [-0.25, -0.2) is 18.8 Å². The number of carbonyl (C=O) groups is 4. The molecular weight excluding hydrogens is 716 g/mol. The number of benzene rings is 2. The summed E-state index contributed by atoms with van der Waals surface area (Å²) in [5.74, 6) is -8.18. The lowest BCUT2D eigenvalue weighted by Crippen LogP contribution is -2.46.